The molecule has 1 aromatic carbocycles. The Bertz CT molecular complexity index is 855. The molecule has 1 N–H and O–H groups in total. The van der Waals surface area contributed by atoms with Gasteiger partial charge in [-0.15, -0.1) is 0 Å². The average Bonchev–Trinajstić information content (AvgIpc) is 2.93. The van der Waals surface area contributed by atoms with Gasteiger partial charge in [-0.05, 0) is 31.0 Å². The highest BCUT2D eigenvalue weighted by molar-refractivity contribution is 7.91. The average molecular weight is 381 g/mol. The van der Waals surface area contributed by atoms with E-state index in [1.165, 1.54) is 0 Å². The van der Waals surface area contributed by atoms with E-state index >= 15 is 0 Å². The van der Waals surface area contributed by atoms with Crippen LogP contribution in [0.15, 0.2) is 30.3 Å². The summed E-state index contributed by atoms with van der Waals surface area (Å²) in [5.74, 6) is 1.68. The zero-order valence-electron chi connectivity index (χ0n) is 14.2. The maximum absolute atomic E-state index is 11.7. The lowest BCUT2D eigenvalue weighted by Gasteiger charge is -2.25. The first-order valence-corrected chi connectivity index (χ1v) is 10.3. The highest BCUT2D eigenvalue weighted by atomic mass is 35.5. The minimum absolute atomic E-state index is 0.0385. The van der Waals surface area contributed by atoms with Gasteiger partial charge in [0.15, 0.2) is 9.84 Å². The third-order valence-electron chi connectivity index (χ3n) is 4.32. The van der Waals surface area contributed by atoms with Crippen molar-refractivity contribution in [3.8, 4) is 0 Å². The predicted molar refractivity (Wildman–Crippen MR) is 101 cm³/mol. The fourth-order valence-corrected chi connectivity index (χ4v) is 4.76. The molecule has 8 heteroatoms. The van der Waals surface area contributed by atoms with E-state index in [4.69, 9.17) is 11.6 Å². The number of sulfone groups is 1. The normalized spacial score (nSPS) is 18.9. The van der Waals surface area contributed by atoms with Crippen molar-refractivity contribution in [3.63, 3.8) is 0 Å². The number of halogens is 1. The number of hydrogen-bond donors (Lipinski definition) is 1. The van der Waals surface area contributed by atoms with Gasteiger partial charge in [-0.25, -0.2) is 13.4 Å². The standard InChI is InChI=1S/C17H21ClN4O2S/c1-12-9-16(22(2)15-7-8-25(23,24)11-15)21-17(20-12)19-10-13-3-5-14(18)6-4-13/h3-6,9,15H,7-8,10-11H2,1-2H3,(H,19,20,21). The minimum Gasteiger partial charge on any atom is -0.355 e. The largest absolute Gasteiger partial charge is 0.355 e. The van der Waals surface area contributed by atoms with Gasteiger partial charge < -0.3 is 10.2 Å². The van der Waals surface area contributed by atoms with Crippen molar-refractivity contribution in [2.45, 2.75) is 25.9 Å². The van der Waals surface area contributed by atoms with Gasteiger partial charge in [-0.2, -0.15) is 4.98 Å². The van der Waals surface area contributed by atoms with Gasteiger partial charge in [0.25, 0.3) is 0 Å². The van der Waals surface area contributed by atoms with Crippen molar-refractivity contribution in [2.75, 3.05) is 28.8 Å². The summed E-state index contributed by atoms with van der Waals surface area (Å²) >= 11 is 5.89. The van der Waals surface area contributed by atoms with Gasteiger partial charge in [0.2, 0.25) is 5.95 Å². The third-order valence-corrected chi connectivity index (χ3v) is 6.32. The lowest BCUT2D eigenvalue weighted by Crippen LogP contribution is -2.33. The molecule has 1 aliphatic rings. The van der Waals surface area contributed by atoms with Gasteiger partial charge in [0.05, 0.1) is 11.5 Å². The van der Waals surface area contributed by atoms with Crippen LogP contribution in [0.25, 0.3) is 0 Å². The van der Waals surface area contributed by atoms with Gasteiger partial charge in [0.1, 0.15) is 5.82 Å². The van der Waals surface area contributed by atoms with E-state index in [0.717, 1.165) is 17.1 Å². The van der Waals surface area contributed by atoms with Crippen LogP contribution in [0.4, 0.5) is 11.8 Å². The molecule has 134 valence electrons. The number of rotatable bonds is 5. The number of nitrogens with one attached hydrogen (secondary N) is 1. The van der Waals surface area contributed by atoms with Crippen molar-refractivity contribution < 1.29 is 8.42 Å². The SMILES string of the molecule is Cc1cc(N(C)C2CCS(=O)(=O)C2)nc(NCc2ccc(Cl)cc2)n1. The van der Waals surface area contributed by atoms with Gasteiger partial charge in [-0.3, -0.25) is 0 Å². The van der Waals surface area contributed by atoms with Crippen LogP contribution >= 0.6 is 11.6 Å². The molecule has 1 aliphatic heterocycles. The zero-order valence-corrected chi connectivity index (χ0v) is 15.8. The summed E-state index contributed by atoms with van der Waals surface area (Å²) in [5, 5.41) is 3.91. The molecule has 1 unspecified atom stereocenters. The molecule has 1 atom stereocenters. The Morgan fingerprint density at radius 2 is 2.00 bits per heavy atom. The monoisotopic (exact) mass is 380 g/mol. The molecule has 0 bridgehead atoms. The second kappa shape index (κ2) is 7.17. The fourth-order valence-electron chi connectivity index (χ4n) is 2.86. The molecular formula is C17H21ClN4O2S. The second-order valence-electron chi connectivity index (χ2n) is 6.34. The summed E-state index contributed by atoms with van der Waals surface area (Å²) in [6.45, 7) is 2.49. The van der Waals surface area contributed by atoms with Gasteiger partial charge >= 0.3 is 0 Å². The van der Waals surface area contributed by atoms with Crippen LogP contribution in [0.5, 0.6) is 0 Å². The Morgan fingerprint density at radius 3 is 2.64 bits per heavy atom. The highest BCUT2D eigenvalue weighted by Crippen LogP contribution is 2.23. The van der Waals surface area contributed by atoms with Crippen LogP contribution in [0, 0.1) is 6.92 Å². The first kappa shape index (κ1) is 17.9. The predicted octanol–water partition coefficient (Wildman–Crippen LogP) is 2.67. The molecule has 25 heavy (non-hydrogen) atoms. The summed E-state index contributed by atoms with van der Waals surface area (Å²) in [7, 11) is -1.04. The molecule has 0 saturated carbocycles. The van der Waals surface area contributed by atoms with Crippen molar-refractivity contribution >= 4 is 33.2 Å². The Balaban J connectivity index is 1.72. The van der Waals surface area contributed by atoms with Gasteiger partial charge in [-0.1, -0.05) is 23.7 Å². The molecule has 2 heterocycles. The molecular weight excluding hydrogens is 360 g/mol. The van der Waals surface area contributed by atoms with Gasteiger partial charge in [0, 0.05) is 36.4 Å². The van der Waals surface area contributed by atoms with Crippen molar-refractivity contribution in [3.05, 3.63) is 46.6 Å². The second-order valence-corrected chi connectivity index (χ2v) is 9.00. The molecule has 0 spiro atoms. The summed E-state index contributed by atoms with van der Waals surface area (Å²) in [4.78, 5) is 10.9. The number of benzene rings is 1. The van der Waals surface area contributed by atoms with E-state index in [2.05, 4.69) is 15.3 Å². The molecule has 6 nitrogen and oxygen atoms in total. The number of nitrogens with zero attached hydrogens (tertiary/aromatic N) is 3. The Kier molecular flexibility index (Phi) is 5.15. The summed E-state index contributed by atoms with van der Waals surface area (Å²) < 4.78 is 23.4. The highest BCUT2D eigenvalue weighted by Gasteiger charge is 2.31. The minimum atomic E-state index is -2.93. The van der Waals surface area contributed by atoms with E-state index in [9.17, 15) is 8.42 Å². The van der Waals surface area contributed by atoms with E-state index in [0.29, 0.717) is 23.9 Å². The first-order chi connectivity index (χ1) is 11.8. The van der Waals surface area contributed by atoms with Crippen LogP contribution < -0.4 is 10.2 Å². The molecule has 3 rings (SSSR count). The lowest BCUT2D eigenvalue weighted by atomic mass is 10.2. The molecule has 1 saturated heterocycles. The van der Waals surface area contributed by atoms with Crippen molar-refractivity contribution in [1.29, 1.82) is 0 Å². The van der Waals surface area contributed by atoms with Crippen LogP contribution in [-0.4, -0.2) is 43.0 Å². The van der Waals surface area contributed by atoms with E-state index in [1.54, 1.807) is 0 Å². The van der Waals surface area contributed by atoms with Crippen LogP contribution in [-0.2, 0) is 16.4 Å². The van der Waals surface area contributed by atoms with E-state index in [1.807, 2.05) is 49.2 Å². The zero-order chi connectivity index (χ0) is 18.0. The number of aryl methyl sites for hydroxylation is 1. The molecule has 1 aromatic heterocycles. The third kappa shape index (κ3) is 4.61. The molecule has 1 fully saturated rings. The smallest absolute Gasteiger partial charge is 0.225 e. The Labute approximate surface area is 153 Å². The van der Waals surface area contributed by atoms with Crippen molar-refractivity contribution in [2.24, 2.45) is 0 Å². The van der Waals surface area contributed by atoms with E-state index in [-0.39, 0.29) is 17.5 Å². The molecule has 2 aromatic rings. The maximum Gasteiger partial charge on any atom is 0.225 e. The van der Waals surface area contributed by atoms with Crippen LogP contribution in [0.3, 0.4) is 0 Å². The lowest BCUT2D eigenvalue weighted by molar-refractivity contribution is 0.600. The Hall–Kier alpha value is -1.86. The molecule has 0 aliphatic carbocycles. The maximum atomic E-state index is 11.7. The molecule has 0 radical (unpaired) electrons. The summed E-state index contributed by atoms with van der Waals surface area (Å²) in [5.41, 5.74) is 1.91. The van der Waals surface area contributed by atoms with E-state index < -0.39 is 9.84 Å². The summed E-state index contributed by atoms with van der Waals surface area (Å²) in [6, 6.07) is 9.41. The van der Waals surface area contributed by atoms with Crippen LogP contribution in [0.1, 0.15) is 17.7 Å². The summed E-state index contributed by atoms with van der Waals surface area (Å²) in [6.07, 6.45) is 0.634. The van der Waals surface area contributed by atoms with Crippen molar-refractivity contribution in [1.82, 2.24) is 9.97 Å². The first-order valence-electron chi connectivity index (χ1n) is 8.10. The van der Waals surface area contributed by atoms with Crippen LogP contribution in [0.2, 0.25) is 5.02 Å². The quantitative estimate of drug-likeness (QED) is 0.859. The number of anilines is 2. The molecule has 0 amide bonds. The Morgan fingerprint density at radius 1 is 1.28 bits per heavy atom. The number of aromatic nitrogens is 2. The number of hydrogen-bond acceptors (Lipinski definition) is 6. The fraction of sp³-hybridized carbons (Fsp3) is 0.412. The topological polar surface area (TPSA) is 75.2 Å².